The van der Waals surface area contributed by atoms with E-state index in [1.807, 2.05) is 72.8 Å². The Bertz CT molecular complexity index is 1280. The Kier molecular flexibility index (Phi) is 9.76. The molecule has 0 unspecified atom stereocenters. The minimum Gasteiger partial charge on any atom is -0.486 e. The second kappa shape index (κ2) is 13.8. The van der Waals surface area contributed by atoms with Crippen LogP contribution in [0.3, 0.4) is 0 Å². The fourth-order valence-electron chi connectivity index (χ4n) is 5.52. The molecular weight excluding hydrogens is 568 g/mol. The number of aryl methyl sites for hydroxylation is 1. The Morgan fingerprint density at radius 3 is 2.30 bits per heavy atom. The lowest BCUT2D eigenvalue weighted by molar-refractivity contribution is -0.141. The van der Waals surface area contributed by atoms with E-state index in [4.69, 9.17) is 9.47 Å². The lowest BCUT2D eigenvalue weighted by Gasteiger charge is -2.33. The van der Waals surface area contributed by atoms with Crippen LogP contribution in [-0.2, 0) is 29.0 Å². The van der Waals surface area contributed by atoms with Crippen LogP contribution >= 0.6 is 15.9 Å². The Labute approximate surface area is 245 Å². The molecule has 7 heteroatoms. The maximum Gasteiger partial charge on any atom is 0.243 e. The summed E-state index contributed by atoms with van der Waals surface area (Å²) in [7, 11) is 0. The molecule has 1 fully saturated rings. The monoisotopic (exact) mass is 604 g/mol. The van der Waals surface area contributed by atoms with Crippen LogP contribution in [0, 0.1) is 0 Å². The molecule has 40 heavy (non-hydrogen) atoms. The van der Waals surface area contributed by atoms with Crippen LogP contribution in [0.25, 0.3) is 0 Å². The number of nitrogens with zero attached hydrogens (tertiary/aromatic N) is 1. The summed E-state index contributed by atoms with van der Waals surface area (Å²) in [4.78, 5) is 29.7. The summed E-state index contributed by atoms with van der Waals surface area (Å²) in [6.07, 6.45) is 6.77. The van der Waals surface area contributed by atoms with Crippen LogP contribution < -0.4 is 14.8 Å². The molecule has 0 radical (unpaired) electrons. The molecule has 1 aliphatic carbocycles. The molecule has 0 aromatic heterocycles. The van der Waals surface area contributed by atoms with E-state index < -0.39 is 6.04 Å². The third kappa shape index (κ3) is 7.66. The largest absolute Gasteiger partial charge is 0.486 e. The average Bonchev–Trinajstić information content (AvgIpc) is 2.99. The maximum absolute atomic E-state index is 14.0. The van der Waals surface area contributed by atoms with Gasteiger partial charge in [-0.05, 0) is 60.2 Å². The molecule has 1 N–H and O–H groups in total. The Balaban J connectivity index is 1.39. The first-order valence-corrected chi connectivity index (χ1v) is 15.1. The van der Waals surface area contributed by atoms with Crippen LogP contribution in [0.4, 0.5) is 0 Å². The molecule has 6 nitrogen and oxygen atoms in total. The highest BCUT2D eigenvalue weighted by Crippen LogP contribution is 2.31. The number of amides is 2. The highest BCUT2D eigenvalue weighted by molar-refractivity contribution is 9.10. The van der Waals surface area contributed by atoms with Gasteiger partial charge in [-0.2, -0.15) is 0 Å². The van der Waals surface area contributed by atoms with Gasteiger partial charge < -0.3 is 19.7 Å². The maximum atomic E-state index is 14.0. The smallest absolute Gasteiger partial charge is 0.243 e. The molecule has 0 spiro atoms. The van der Waals surface area contributed by atoms with E-state index in [-0.39, 0.29) is 24.3 Å². The van der Waals surface area contributed by atoms with Crippen molar-refractivity contribution >= 4 is 27.7 Å². The van der Waals surface area contributed by atoms with E-state index >= 15 is 0 Å². The zero-order valence-corrected chi connectivity index (χ0v) is 24.4. The van der Waals surface area contributed by atoms with Gasteiger partial charge in [0.25, 0.3) is 0 Å². The zero-order valence-electron chi connectivity index (χ0n) is 22.8. The van der Waals surface area contributed by atoms with E-state index in [9.17, 15) is 9.59 Å². The molecule has 0 saturated heterocycles. The lowest BCUT2D eigenvalue weighted by atomic mass is 9.94. The van der Waals surface area contributed by atoms with Gasteiger partial charge in [-0.25, -0.2) is 0 Å². The van der Waals surface area contributed by atoms with Gasteiger partial charge >= 0.3 is 0 Å². The molecule has 1 heterocycles. The van der Waals surface area contributed by atoms with Crippen molar-refractivity contribution in [3.63, 3.8) is 0 Å². The summed E-state index contributed by atoms with van der Waals surface area (Å²) in [5, 5.41) is 3.31. The van der Waals surface area contributed by atoms with Gasteiger partial charge in [0.1, 0.15) is 19.3 Å². The highest BCUT2D eigenvalue weighted by Gasteiger charge is 2.31. The number of halogens is 1. The summed E-state index contributed by atoms with van der Waals surface area (Å²) >= 11 is 3.51. The number of nitrogens with one attached hydrogen (secondary N) is 1. The third-order valence-electron chi connectivity index (χ3n) is 7.72. The van der Waals surface area contributed by atoms with Crippen LogP contribution in [-0.4, -0.2) is 42.0 Å². The number of ether oxygens (including phenoxy) is 2. The summed E-state index contributed by atoms with van der Waals surface area (Å²) in [6.45, 7) is 1.43. The predicted molar refractivity (Wildman–Crippen MR) is 159 cm³/mol. The third-order valence-corrected chi connectivity index (χ3v) is 8.25. The van der Waals surface area contributed by atoms with Crippen molar-refractivity contribution in [3.05, 3.63) is 94.0 Å². The normalized spacial score (nSPS) is 15.7. The highest BCUT2D eigenvalue weighted by atomic mass is 79.9. The lowest BCUT2D eigenvalue weighted by Crippen LogP contribution is -2.52. The van der Waals surface area contributed by atoms with Gasteiger partial charge in [-0.3, -0.25) is 9.59 Å². The quantitative estimate of drug-likeness (QED) is 0.297. The number of carbonyl (C=O) groups excluding carboxylic acids is 2. The summed E-state index contributed by atoms with van der Waals surface area (Å²) in [5.74, 6) is 1.34. The molecular formula is C33H37BrN2O4. The van der Waals surface area contributed by atoms with Crippen LogP contribution in [0.2, 0.25) is 0 Å². The average molecular weight is 606 g/mol. The van der Waals surface area contributed by atoms with Crippen molar-refractivity contribution in [1.29, 1.82) is 0 Å². The first-order chi connectivity index (χ1) is 19.5. The second-order valence-corrected chi connectivity index (χ2v) is 11.6. The molecule has 5 rings (SSSR count). The van der Waals surface area contributed by atoms with Gasteiger partial charge in [-0.1, -0.05) is 83.7 Å². The van der Waals surface area contributed by atoms with Crippen molar-refractivity contribution in [2.45, 2.75) is 70.0 Å². The topological polar surface area (TPSA) is 67.9 Å². The predicted octanol–water partition coefficient (Wildman–Crippen LogP) is 6.24. The fourth-order valence-corrected chi connectivity index (χ4v) is 5.79. The van der Waals surface area contributed by atoms with Crippen molar-refractivity contribution in [3.8, 4) is 11.5 Å². The molecule has 2 amide bonds. The number of benzene rings is 3. The summed E-state index contributed by atoms with van der Waals surface area (Å²) in [5.41, 5.74) is 3.03. The minimum atomic E-state index is -0.610. The number of rotatable bonds is 10. The standard InChI is InChI=1S/C33H37BrN2O4/c34-27-15-11-26(12-16-27)23-36(32(37)18-14-25-13-17-30-31(22-25)40-20-19-39-30)29(21-24-7-3-1-4-8-24)33(38)35-28-9-5-2-6-10-28/h1,3-4,7-8,11-13,15-17,22,28-29H,2,5-6,9-10,14,18-21,23H2,(H,35,38)/t29-/m1/s1. The Morgan fingerprint density at radius 2 is 1.55 bits per heavy atom. The number of carbonyl (C=O) groups is 2. The summed E-state index contributed by atoms with van der Waals surface area (Å²) in [6, 6.07) is 23.3. The molecule has 1 atom stereocenters. The number of fused-ring (bicyclic) bond motifs is 1. The van der Waals surface area contributed by atoms with Crippen LogP contribution in [0.1, 0.15) is 55.2 Å². The van der Waals surface area contributed by atoms with E-state index in [2.05, 4.69) is 21.2 Å². The molecule has 3 aromatic carbocycles. The van der Waals surface area contributed by atoms with Gasteiger partial charge in [0.15, 0.2) is 11.5 Å². The first-order valence-electron chi connectivity index (χ1n) is 14.3. The van der Waals surface area contributed by atoms with E-state index in [0.29, 0.717) is 32.6 Å². The van der Waals surface area contributed by atoms with E-state index in [0.717, 1.165) is 58.3 Å². The van der Waals surface area contributed by atoms with E-state index in [1.54, 1.807) is 4.90 Å². The Hall–Kier alpha value is -3.32. The number of hydrogen-bond donors (Lipinski definition) is 1. The molecule has 210 valence electrons. The zero-order chi connectivity index (χ0) is 27.7. The molecule has 0 bridgehead atoms. The fraction of sp³-hybridized carbons (Fsp3) is 0.394. The number of hydrogen-bond acceptors (Lipinski definition) is 4. The molecule has 1 aliphatic heterocycles. The van der Waals surface area contributed by atoms with Gasteiger partial charge in [0, 0.05) is 29.9 Å². The summed E-state index contributed by atoms with van der Waals surface area (Å²) < 4.78 is 12.4. The molecule has 3 aromatic rings. The van der Waals surface area contributed by atoms with Crippen LogP contribution in [0.15, 0.2) is 77.3 Å². The van der Waals surface area contributed by atoms with Crippen molar-refractivity contribution < 1.29 is 19.1 Å². The van der Waals surface area contributed by atoms with Gasteiger partial charge in [0.05, 0.1) is 0 Å². The van der Waals surface area contributed by atoms with Gasteiger partial charge in [-0.15, -0.1) is 0 Å². The van der Waals surface area contributed by atoms with Crippen molar-refractivity contribution in [1.82, 2.24) is 10.2 Å². The van der Waals surface area contributed by atoms with Gasteiger partial charge in [0.2, 0.25) is 11.8 Å². The van der Waals surface area contributed by atoms with Crippen molar-refractivity contribution in [2.24, 2.45) is 0 Å². The van der Waals surface area contributed by atoms with Crippen molar-refractivity contribution in [2.75, 3.05) is 13.2 Å². The molecule has 2 aliphatic rings. The Morgan fingerprint density at radius 1 is 0.850 bits per heavy atom. The minimum absolute atomic E-state index is 0.0440. The first kappa shape index (κ1) is 28.2. The SMILES string of the molecule is O=C(NC1CCCCC1)[C@@H](Cc1ccccc1)N(Cc1ccc(Br)cc1)C(=O)CCc1ccc2c(c1)OCCO2. The molecule has 1 saturated carbocycles. The second-order valence-electron chi connectivity index (χ2n) is 10.7. The van der Waals surface area contributed by atoms with Crippen LogP contribution in [0.5, 0.6) is 11.5 Å². The van der Waals surface area contributed by atoms with E-state index in [1.165, 1.54) is 6.42 Å².